The Morgan fingerprint density at radius 1 is 0.969 bits per heavy atom. The summed E-state index contributed by atoms with van der Waals surface area (Å²) in [5, 5.41) is 3.17. The van der Waals surface area contributed by atoms with E-state index in [2.05, 4.69) is 10.0 Å². The Kier molecular flexibility index (Phi) is 7.61. The van der Waals surface area contributed by atoms with Gasteiger partial charge in [-0.2, -0.15) is 0 Å². The van der Waals surface area contributed by atoms with E-state index in [1.54, 1.807) is 49.6 Å². The van der Waals surface area contributed by atoms with E-state index in [9.17, 15) is 13.2 Å². The predicted molar refractivity (Wildman–Crippen MR) is 125 cm³/mol. The highest BCUT2D eigenvalue weighted by molar-refractivity contribution is 7.92. The monoisotopic (exact) mass is 474 g/mol. The molecule has 3 rings (SSSR count). The van der Waals surface area contributed by atoms with Crippen molar-refractivity contribution in [1.29, 1.82) is 0 Å². The highest BCUT2D eigenvalue weighted by Crippen LogP contribution is 2.23. The van der Waals surface area contributed by atoms with Crippen LogP contribution in [0, 0.1) is 0 Å². The molecule has 0 radical (unpaired) electrons. The maximum Gasteiger partial charge on any atom is 0.265 e. The van der Waals surface area contributed by atoms with Crippen LogP contribution in [0.4, 0.5) is 11.4 Å². The van der Waals surface area contributed by atoms with Gasteiger partial charge in [-0.25, -0.2) is 8.42 Å². The van der Waals surface area contributed by atoms with E-state index in [4.69, 9.17) is 21.1 Å². The maximum atomic E-state index is 12.6. The molecule has 0 aliphatic rings. The zero-order valence-corrected chi connectivity index (χ0v) is 19.1. The molecule has 0 aromatic heterocycles. The van der Waals surface area contributed by atoms with Gasteiger partial charge in [0, 0.05) is 16.8 Å². The summed E-state index contributed by atoms with van der Waals surface area (Å²) in [5.41, 5.74) is 0.805. The number of anilines is 2. The Morgan fingerprint density at radius 2 is 1.66 bits per heavy atom. The van der Waals surface area contributed by atoms with Crippen LogP contribution in [-0.2, 0) is 14.8 Å². The average molecular weight is 475 g/mol. The smallest absolute Gasteiger partial charge is 0.265 e. The van der Waals surface area contributed by atoms with Gasteiger partial charge in [-0.3, -0.25) is 9.52 Å². The third kappa shape index (κ3) is 6.15. The molecule has 0 spiro atoms. The van der Waals surface area contributed by atoms with Crippen molar-refractivity contribution >= 4 is 38.9 Å². The fourth-order valence-corrected chi connectivity index (χ4v) is 4.11. The number of hydrogen-bond acceptors (Lipinski definition) is 5. The quantitative estimate of drug-likeness (QED) is 0.458. The van der Waals surface area contributed by atoms with Gasteiger partial charge in [0.25, 0.3) is 15.9 Å². The normalized spacial score (nSPS) is 12.0. The van der Waals surface area contributed by atoms with Gasteiger partial charge in [0.15, 0.2) is 6.10 Å². The number of ether oxygens (including phenoxy) is 2. The number of carbonyl (C=O) groups excluding carboxylic acids is 1. The molecule has 0 heterocycles. The molecule has 7 nitrogen and oxygen atoms in total. The van der Waals surface area contributed by atoms with Crippen LogP contribution >= 0.6 is 11.6 Å². The summed E-state index contributed by atoms with van der Waals surface area (Å²) in [4.78, 5) is 12.7. The van der Waals surface area contributed by atoms with Crippen molar-refractivity contribution in [1.82, 2.24) is 0 Å². The lowest BCUT2D eigenvalue weighted by Crippen LogP contribution is -2.32. The molecule has 0 saturated heterocycles. The largest absolute Gasteiger partial charge is 0.497 e. The van der Waals surface area contributed by atoms with Gasteiger partial charge in [-0.05, 0) is 61.0 Å². The van der Waals surface area contributed by atoms with Crippen LogP contribution in [0.5, 0.6) is 11.5 Å². The van der Waals surface area contributed by atoms with E-state index >= 15 is 0 Å². The van der Waals surface area contributed by atoms with Gasteiger partial charge in [0.05, 0.1) is 17.7 Å². The Bertz CT molecular complexity index is 1180. The van der Waals surface area contributed by atoms with Gasteiger partial charge < -0.3 is 14.8 Å². The number of sulfonamides is 1. The lowest BCUT2D eigenvalue weighted by Gasteiger charge is -2.18. The van der Waals surface area contributed by atoms with Crippen molar-refractivity contribution in [2.24, 2.45) is 0 Å². The molecule has 9 heteroatoms. The highest BCUT2D eigenvalue weighted by atomic mass is 35.5. The van der Waals surface area contributed by atoms with E-state index < -0.39 is 16.1 Å². The molecule has 2 N–H and O–H groups in total. The van der Waals surface area contributed by atoms with E-state index in [1.165, 1.54) is 30.3 Å². The molecule has 0 bridgehead atoms. The summed E-state index contributed by atoms with van der Waals surface area (Å²) in [6.45, 7) is 1.83. The predicted octanol–water partition coefficient (Wildman–Crippen LogP) is 4.95. The van der Waals surface area contributed by atoms with Gasteiger partial charge >= 0.3 is 0 Å². The first-order valence-corrected chi connectivity index (χ1v) is 11.7. The molecule has 32 heavy (non-hydrogen) atoms. The van der Waals surface area contributed by atoms with Crippen molar-refractivity contribution in [3.8, 4) is 11.5 Å². The summed E-state index contributed by atoms with van der Waals surface area (Å²) >= 11 is 5.90. The second-order valence-corrected chi connectivity index (χ2v) is 8.94. The number of halogens is 1. The summed E-state index contributed by atoms with van der Waals surface area (Å²) < 4.78 is 38.6. The number of nitrogens with one attached hydrogen (secondary N) is 2. The minimum atomic E-state index is -3.80. The molecule has 3 aromatic carbocycles. The lowest BCUT2D eigenvalue weighted by molar-refractivity contribution is -0.122. The van der Waals surface area contributed by atoms with Crippen LogP contribution in [0.1, 0.15) is 13.3 Å². The number of carbonyl (C=O) groups is 1. The highest BCUT2D eigenvalue weighted by Gasteiger charge is 2.20. The van der Waals surface area contributed by atoms with Gasteiger partial charge in [-0.1, -0.05) is 30.7 Å². The average Bonchev–Trinajstić information content (AvgIpc) is 2.77. The van der Waals surface area contributed by atoms with Crippen molar-refractivity contribution in [2.75, 3.05) is 17.1 Å². The second-order valence-electron chi connectivity index (χ2n) is 6.82. The molecule has 0 aliphatic carbocycles. The minimum absolute atomic E-state index is 0.0511. The Balaban J connectivity index is 1.66. The van der Waals surface area contributed by atoms with Crippen molar-refractivity contribution in [3.63, 3.8) is 0 Å². The third-order valence-corrected chi connectivity index (χ3v) is 6.12. The fraction of sp³-hybridized carbons (Fsp3) is 0.174. The maximum absolute atomic E-state index is 12.6. The van der Waals surface area contributed by atoms with Crippen LogP contribution < -0.4 is 19.5 Å². The van der Waals surface area contributed by atoms with Gasteiger partial charge in [0.1, 0.15) is 11.5 Å². The second kappa shape index (κ2) is 10.4. The summed E-state index contributed by atoms with van der Waals surface area (Å²) in [5.74, 6) is 0.795. The topological polar surface area (TPSA) is 93.7 Å². The molecule has 0 saturated carbocycles. The molecule has 1 amide bonds. The van der Waals surface area contributed by atoms with E-state index in [-0.39, 0.29) is 10.8 Å². The van der Waals surface area contributed by atoms with Crippen molar-refractivity contribution in [2.45, 2.75) is 24.3 Å². The summed E-state index contributed by atoms with van der Waals surface area (Å²) in [6, 6.07) is 19.3. The lowest BCUT2D eigenvalue weighted by atomic mass is 10.2. The van der Waals surface area contributed by atoms with Crippen LogP contribution in [0.3, 0.4) is 0 Å². The molecule has 3 aromatic rings. The SMILES string of the molecule is CC[C@@H](Oc1cccc(OC)c1)C(=O)Nc1ccc(S(=O)(=O)Nc2cccc(Cl)c2)cc1. The zero-order valence-electron chi connectivity index (χ0n) is 17.5. The zero-order chi connectivity index (χ0) is 23.1. The molecule has 0 aliphatic heterocycles. The Hall–Kier alpha value is -3.23. The first kappa shape index (κ1) is 23.4. The van der Waals surface area contributed by atoms with Crippen LogP contribution in [0.25, 0.3) is 0 Å². The number of rotatable bonds is 9. The first-order valence-electron chi connectivity index (χ1n) is 9.81. The molecule has 1 atom stereocenters. The number of amides is 1. The molecule has 0 unspecified atom stereocenters. The number of methoxy groups -OCH3 is 1. The Labute approximate surface area is 192 Å². The van der Waals surface area contributed by atoms with E-state index in [0.29, 0.717) is 34.3 Å². The van der Waals surface area contributed by atoms with Gasteiger partial charge in [0.2, 0.25) is 0 Å². The first-order chi connectivity index (χ1) is 15.3. The van der Waals surface area contributed by atoms with Crippen molar-refractivity contribution < 1.29 is 22.7 Å². The van der Waals surface area contributed by atoms with Crippen LogP contribution in [0.15, 0.2) is 77.7 Å². The van der Waals surface area contributed by atoms with E-state index in [0.717, 1.165) is 0 Å². The fourth-order valence-electron chi connectivity index (χ4n) is 2.87. The van der Waals surface area contributed by atoms with Gasteiger partial charge in [-0.15, -0.1) is 0 Å². The standard InChI is InChI=1S/C23H23ClN2O5S/c1-3-22(31-20-9-5-8-19(15-20)30-2)23(27)25-17-10-12-21(13-11-17)32(28,29)26-18-7-4-6-16(24)14-18/h4-15,22,26H,3H2,1-2H3,(H,25,27)/t22-/m1/s1. The van der Waals surface area contributed by atoms with Crippen molar-refractivity contribution in [3.05, 3.63) is 77.8 Å². The molecule has 168 valence electrons. The molecule has 0 fully saturated rings. The Morgan fingerprint density at radius 3 is 2.31 bits per heavy atom. The van der Waals surface area contributed by atoms with Crippen LogP contribution in [0.2, 0.25) is 5.02 Å². The molecular formula is C23H23ClN2O5S. The number of benzene rings is 3. The van der Waals surface area contributed by atoms with E-state index in [1.807, 2.05) is 6.92 Å². The third-order valence-electron chi connectivity index (χ3n) is 4.49. The minimum Gasteiger partial charge on any atom is -0.497 e. The summed E-state index contributed by atoms with van der Waals surface area (Å²) in [7, 11) is -2.25. The molecular weight excluding hydrogens is 452 g/mol. The summed E-state index contributed by atoms with van der Waals surface area (Å²) in [6.07, 6.45) is -0.283. The number of hydrogen-bond donors (Lipinski definition) is 2. The van der Waals surface area contributed by atoms with Crippen LogP contribution in [-0.4, -0.2) is 27.5 Å².